The molecule has 0 radical (unpaired) electrons. The van der Waals surface area contributed by atoms with Gasteiger partial charge in [0.1, 0.15) is 5.57 Å². The van der Waals surface area contributed by atoms with Crippen LogP contribution < -0.4 is 10.2 Å². The monoisotopic (exact) mass is 467 g/mol. The predicted octanol–water partition coefficient (Wildman–Crippen LogP) is 5.38. The highest BCUT2D eigenvalue weighted by Gasteiger charge is 2.38. The average Bonchev–Trinajstić information content (AvgIpc) is 3.01. The van der Waals surface area contributed by atoms with Gasteiger partial charge in [-0.05, 0) is 62.2 Å². The van der Waals surface area contributed by atoms with Crippen molar-refractivity contribution in [3.8, 4) is 5.69 Å². The predicted molar refractivity (Wildman–Crippen MR) is 125 cm³/mol. The summed E-state index contributed by atoms with van der Waals surface area (Å²) < 4.78 is 2.06. The number of carbonyl (C=O) groups is 3. The summed E-state index contributed by atoms with van der Waals surface area (Å²) in [5.74, 6) is -1.54. The zero-order chi connectivity index (χ0) is 23.2. The smallest absolute Gasteiger partial charge is 0.318 e. The second-order valence-corrected chi connectivity index (χ2v) is 8.26. The summed E-state index contributed by atoms with van der Waals surface area (Å²) in [5.41, 5.74) is 4.51. The number of anilines is 1. The fraction of sp³-hybridized carbons (Fsp3) is 0.125. The molecule has 32 heavy (non-hydrogen) atoms. The Hall–Kier alpha value is -3.35. The first kappa shape index (κ1) is 21.9. The molecular formula is C24H19Cl2N3O3. The second kappa shape index (κ2) is 8.30. The van der Waals surface area contributed by atoms with E-state index in [9.17, 15) is 14.4 Å². The lowest BCUT2D eigenvalue weighted by molar-refractivity contribution is -0.122. The maximum Gasteiger partial charge on any atom is 0.336 e. The van der Waals surface area contributed by atoms with Crippen molar-refractivity contribution >= 4 is 52.8 Å². The second-order valence-electron chi connectivity index (χ2n) is 7.48. The van der Waals surface area contributed by atoms with Gasteiger partial charge in [0.25, 0.3) is 11.8 Å². The number of nitrogens with zero attached hydrogens (tertiary/aromatic N) is 2. The fourth-order valence-electron chi connectivity index (χ4n) is 3.82. The number of aromatic nitrogens is 1. The van der Waals surface area contributed by atoms with Crippen molar-refractivity contribution in [1.82, 2.24) is 9.88 Å². The summed E-state index contributed by atoms with van der Waals surface area (Å²) in [4.78, 5) is 39.1. The number of rotatable bonds is 3. The zero-order valence-corrected chi connectivity index (χ0v) is 19.1. The quantitative estimate of drug-likeness (QED) is 0.415. The van der Waals surface area contributed by atoms with Gasteiger partial charge in [-0.15, -0.1) is 0 Å². The maximum atomic E-state index is 13.2. The van der Waals surface area contributed by atoms with Crippen LogP contribution in [-0.4, -0.2) is 22.4 Å². The van der Waals surface area contributed by atoms with Gasteiger partial charge in [0.2, 0.25) is 0 Å². The van der Waals surface area contributed by atoms with Crippen molar-refractivity contribution in [2.75, 3.05) is 4.90 Å². The van der Waals surface area contributed by atoms with Crippen LogP contribution in [0.4, 0.5) is 10.5 Å². The lowest BCUT2D eigenvalue weighted by atomic mass is 10.1. The Morgan fingerprint density at radius 3 is 2.31 bits per heavy atom. The van der Waals surface area contributed by atoms with Crippen molar-refractivity contribution in [3.05, 3.63) is 86.7 Å². The highest BCUT2D eigenvalue weighted by atomic mass is 35.5. The van der Waals surface area contributed by atoms with Crippen molar-refractivity contribution < 1.29 is 14.4 Å². The molecule has 162 valence electrons. The van der Waals surface area contributed by atoms with Crippen LogP contribution in [0.15, 0.2) is 54.1 Å². The molecule has 0 saturated carbocycles. The molecule has 1 N–H and O–H groups in total. The third-order valence-corrected chi connectivity index (χ3v) is 6.21. The van der Waals surface area contributed by atoms with Crippen molar-refractivity contribution in [3.63, 3.8) is 0 Å². The maximum absolute atomic E-state index is 13.2. The minimum atomic E-state index is -0.883. The van der Waals surface area contributed by atoms with Crippen molar-refractivity contribution in [2.24, 2.45) is 0 Å². The van der Waals surface area contributed by atoms with Gasteiger partial charge < -0.3 is 4.57 Å². The summed E-state index contributed by atoms with van der Waals surface area (Å²) in [7, 11) is 0. The molecule has 0 aliphatic carbocycles. The van der Waals surface area contributed by atoms with E-state index in [0.717, 1.165) is 27.5 Å². The van der Waals surface area contributed by atoms with Crippen LogP contribution in [0.3, 0.4) is 0 Å². The molecule has 8 heteroatoms. The Bertz CT molecular complexity index is 1320. The van der Waals surface area contributed by atoms with E-state index < -0.39 is 17.8 Å². The molecule has 4 amide bonds. The lowest BCUT2D eigenvalue weighted by Gasteiger charge is -2.27. The molecule has 0 bridgehead atoms. The standard InChI is InChI=1S/C24H19Cl2N3O3/c1-13-7-4-5-9-19(13)28-14(2)11-16(15(28)3)12-17-22(30)27-24(32)29(23(17)31)20-10-6-8-18(25)21(20)26/h4-12H,1-3H3,(H,27,30,32)/b17-12+. The molecule has 1 aliphatic rings. The molecule has 1 aromatic heterocycles. The molecule has 6 nitrogen and oxygen atoms in total. The Morgan fingerprint density at radius 1 is 0.906 bits per heavy atom. The van der Waals surface area contributed by atoms with E-state index in [1.165, 1.54) is 12.1 Å². The van der Waals surface area contributed by atoms with Crippen molar-refractivity contribution in [2.45, 2.75) is 20.8 Å². The molecule has 0 unspecified atom stereocenters. The van der Waals surface area contributed by atoms with Gasteiger partial charge in [-0.25, -0.2) is 9.69 Å². The van der Waals surface area contributed by atoms with E-state index >= 15 is 0 Å². The minimum Gasteiger partial charge on any atom is -0.318 e. The number of amides is 4. The first-order valence-corrected chi connectivity index (χ1v) is 10.6. The molecule has 1 aliphatic heterocycles. The van der Waals surface area contributed by atoms with Crippen LogP contribution in [0.25, 0.3) is 11.8 Å². The van der Waals surface area contributed by atoms with Crippen LogP contribution in [-0.2, 0) is 9.59 Å². The highest BCUT2D eigenvalue weighted by molar-refractivity contribution is 6.46. The Balaban J connectivity index is 1.81. The molecule has 2 heterocycles. The number of imide groups is 2. The average molecular weight is 468 g/mol. The van der Waals surface area contributed by atoms with Crippen LogP contribution in [0.1, 0.15) is 22.5 Å². The van der Waals surface area contributed by atoms with Gasteiger partial charge in [-0.2, -0.15) is 0 Å². The largest absolute Gasteiger partial charge is 0.336 e. The van der Waals surface area contributed by atoms with Crippen molar-refractivity contribution in [1.29, 1.82) is 0 Å². The number of barbiturate groups is 1. The van der Waals surface area contributed by atoms with E-state index in [0.29, 0.717) is 5.56 Å². The van der Waals surface area contributed by atoms with Gasteiger partial charge in [0.05, 0.1) is 15.7 Å². The van der Waals surface area contributed by atoms with E-state index in [4.69, 9.17) is 23.2 Å². The molecule has 4 rings (SSSR count). The summed E-state index contributed by atoms with van der Waals surface area (Å²) in [6.07, 6.45) is 1.49. The number of halogens is 2. The number of benzene rings is 2. The van der Waals surface area contributed by atoms with E-state index in [1.807, 2.05) is 51.1 Å². The Kier molecular flexibility index (Phi) is 5.67. The summed E-state index contributed by atoms with van der Waals surface area (Å²) >= 11 is 12.3. The molecule has 3 aromatic rings. The number of urea groups is 1. The normalized spacial score (nSPS) is 15.5. The Morgan fingerprint density at radius 2 is 1.59 bits per heavy atom. The van der Waals surface area contributed by atoms with Gasteiger partial charge in [-0.1, -0.05) is 47.5 Å². The third kappa shape index (κ3) is 3.61. The highest BCUT2D eigenvalue weighted by Crippen LogP contribution is 2.34. The van der Waals surface area contributed by atoms with Gasteiger partial charge in [-0.3, -0.25) is 14.9 Å². The minimum absolute atomic E-state index is 0.0455. The number of para-hydroxylation sites is 1. The van der Waals surface area contributed by atoms with Gasteiger partial charge in [0.15, 0.2) is 0 Å². The molecule has 1 fully saturated rings. The molecule has 2 aromatic carbocycles. The van der Waals surface area contributed by atoms with Crippen LogP contribution in [0.5, 0.6) is 0 Å². The summed E-state index contributed by atoms with van der Waals surface area (Å²) in [6.45, 7) is 5.88. The summed E-state index contributed by atoms with van der Waals surface area (Å²) in [6, 6.07) is 13.6. The first-order chi connectivity index (χ1) is 15.2. The van der Waals surface area contributed by atoms with Crippen LogP contribution >= 0.6 is 23.2 Å². The fourth-order valence-corrected chi connectivity index (χ4v) is 4.20. The molecule has 0 spiro atoms. The lowest BCUT2D eigenvalue weighted by Crippen LogP contribution is -2.54. The topological polar surface area (TPSA) is 71.4 Å². The number of nitrogens with one attached hydrogen (secondary N) is 1. The number of hydrogen-bond acceptors (Lipinski definition) is 3. The first-order valence-electron chi connectivity index (χ1n) is 9.81. The SMILES string of the molecule is Cc1ccccc1-n1c(C)cc(/C=C2\C(=O)NC(=O)N(c3cccc(Cl)c3Cl)C2=O)c1C. The number of aryl methyl sites for hydroxylation is 2. The van der Waals surface area contributed by atoms with Gasteiger partial charge >= 0.3 is 6.03 Å². The van der Waals surface area contributed by atoms with Crippen LogP contribution in [0, 0.1) is 20.8 Å². The molecular weight excluding hydrogens is 449 g/mol. The number of carbonyl (C=O) groups excluding carboxylic acids is 3. The van der Waals surface area contributed by atoms with Crippen LogP contribution in [0.2, 0.25) is 10.0 Å². The molecule has 0 atom stereocenters. The van der Waals surface area contributed by atoms with E-state index in [1.54, 1.807) is 12.1 Å². The van der Waals surface area contributed by atoms with Gasteiger partial charge in [0, 0.05) is 17.1 Å². The van der Waals surface area contributed by atoms with E-state index in [2.05, 4.69) is 9.88 Å². The third-order valence-electron chi connectivity index (χ3n) is 5.40. The molecule has 1 saturated heterocycles. The number of hydrogen-bond donors (Lipinski definition) is 1. The summed E-state index contributed by atoms with van der Waals surface area (Å²) in [5, 5.41) is 2.44. The van der Waals surface area contributed by atoms with E-state index in [-0.39, 0.29) is 21.3 Å². The zero-order valence-electron chi connectivity index (χ0n) is 17.6. The Labute approximate surface area is 195 Å².